The SMILES string of the molecule is C=CCOc1cc(C(F)(F)F)nc(NCC)n1. The molecule has 1 rings (SSSR count). The minimum atomic E-state index is -4.53. The van der Waals surface area contributed by atoms with Gasteiger partial charge in [0.1, 0.15) is 6.61 Å². The summed E-state index contributed by atoms with van der Waals surface area (Å²) in [4.78, 5) is 7.13. The largest absolute Gasteiger partial charge is 0.473 e. The van der Waals surface area contributed by atoms with Crippen molar-refractivity contribution in [3.05, 3.63) is 24.4 Å². The summed E-state index contributed by atoms with van der Waals surface area (Å²) in [6, 6.07) is 0.754. The van der Waals surface area contributed by atoms with E-state index in [0.717, 1.165) is 6.07 Å². The van der Waals surface area contributed by atoms with Gasteiger partial charge in [0.2, 0.25) is 11.8 Å². The van der Waals surface area contributed by atoms with Gasteiger partial charge in [-0.1, -0.05) is 12.7 Å². The monoisotopic (exact) mass is 247 g/mol. The molecule has 1 heterocycles. The maximum Gasteiger partial charge on any atom is 0.433 e. The van der Waals surface area contributed by atoms with Gasteiger partial charge in [0.25, 0.3) is 0 Å². The van der Waals surface area contributed by atoms with Crippen LogP contribution in [0.15, 0.2) is 18.7 Å². The van der Waals surface area contributed by atoms with E-state index in [9.17, 15) is 13.2 Å². The van der Waals surface area contributed by atoms with Crippen molar-refractivity contribution in [3.8, 4) is 5.88 Å². The Morgan fingerprint density at radius 3 is 2.71 bits per heavy atom. The molecule has 0 unspecified atom stereocenters. The number of nitrogens with zero attached hydrogens (tertiary/aromatic N) is 2. The Labute approximate surface area is 96.5 Å². The highest BCUT2D eigenvalue weighted by molar-refractivity contribution is 5.31. The molecule has 0 atom stereocenters. The molecule has 0 aliphatic rings. The molecule has 1 aromatic rings. The van der Waals surface area contributed by atoms with Gasteiger partial charge in [-0.3, -0.25) is 0 Å². The first-order valence-corrected chi connectivity index (χ1v) is 4.91. The summed E-state index contributed by atoms with van der Waals surface area (Å²) in [7, 11) is 0. The molecule has 4 nitrogen and oxygen atoms in total. The van der Waals surface area contributed by atoms with Crippen LogP contribution in [0.1, 0.15) is 12.6 Å². The van der Waals surface area contributed by atoms with Crippen LogP contribution in [-0.2, 0) is 6.18 Å². The summed E-state index contributed by atoms with van der Waals surface area (Å²) in [5.74, 6) is -0.246. The van der Waals surface area contributed by atoms with Crippen LogP contribution in [0.4, 0.5) is 19.1 Å². The third-order valence-corrected chi connectivity index (χ3v) is 1.68. The second-order valence-electron chi connectivity index (χ2n) is 3.04. The van der Waals surface area contributed by atoms with Gasteiger partial charge in [-0.2, -0.15) is 18.2 Å². The van der Waals surface area contributed by atoms with Crippen LogP contribution in [0.2, 0.25) is 0 Å². The number of hydrogen-bond acceptors (Lipinski definition) is 4. The number of rotatable bonds is 5. The zero-order valence-corrected chi connectivity index (χ0v) is 9.21. The van der Waals surface area contributed by atoms with E-state index in [4.69, 9.17) is 4.74 Å². The lowest BCUT2D eigenvalue weighted by Crippen LogP contribution is -2.13. The molecule has 17 heavy (non-hydrogen) atoms. The van der Waals surface area contributed by atoms with Crippen LogP contribution in [0.5, 0.6) is 5.88 Å². The Kier molecular flexibility index (Phi) is 4.30. The molecule has 0 bridgehead atoms. The quantitative estimate of drug-likeness (QED) is 0.812. The molecule has 0 aromatic carbocycles. The van der Waals surface area contributed by atoms with Crippen molar-refractivity contribution in [3.63, 3.8) is 0 Å². The van der Waals surface area contributed by atoms with Gasteiger partial charge < -0.3 is 10.1 Å². The molecule has 0 amide bonds. The lowest BCUT2D eigenvalue weighted by molar-refractivity contribution is -0.141. The van der Waals surface area contributed by atoms with E-state index in [0.29, 0.717) is 6.54 Å². The lowest BCUT2D eigenvalue weighted by atomic mass is 10.4. The predicted molar refractivity (Wildman–Crippen MR) is 56.9 cm³/mol. The zero-order valence-electron chi connectivity index (χ0n) is 9.21. The number of alkyl halides is 3. The number of nitrogens with one attached hydrogen (secondary N) is 1. The highest BCUT2D eigenvalue weighted by Crippen LogP contribution is 2.30. The maximum absolute atomic E-state index is 12.5. The van der Waals surface area contributed by atoms with Crippen LogP contribution < -0.4 is 10.1 Å². The van der Waals surface area contributed by atoms with Crippen molar-refractivity contribution in [2.45, 2.75) is 13.1 Å². The van der Waals surface area contributed by atoms with Crippen LogP contribution >= 0.6 is 0 Å². The molecule has 0 fully saturated rings. The Morgan fingerprint density at radius 1 is 1.47 bits per heavy atom. The Morgan fingerprint density at radius 2 is 2.18 bits per heavy atom. The number of halogens is 3. The standard InChI is InChI=1S/C10H12F3N3O/c1-3-5-17-8-6-7(10(11,12)13)15-9(16-8)14-4-2/h3,6H,1,4-5H2,2H3,(H,14,15,16). The van der Waals surface area contributed by atoms with E-state index in [2.05, 4.69) is 21.9 Å². The van der Waals surface area contributed by atoms with Crippen molar-refractivity contribution in [2.75, 3.05) is 18.5 Å². The van der Waals surface area contributed by atoms with Crippen LogP contribution in [0, 0.1) is 0 Å². The first kappa shape index (κ1) is 13.3. The summed E-state index contributed by atoms with van der Waals surface area (Å²) in [5, 5.41) is 2.61. The fourth-order valence-corrected chi connectivity index (χ4v) is 1.03. The zero-order chi connectivity index (χ0) is 12.9. The molecule has 1 aromatic heterocycles. The molecule has 0 radical (unpaired) electrons. The minimum Gasteiger partial charge on any atom is -0.473 e. The topological polar surface area (TPSA) is 47.0 Å². The molecule has 94 valence electrons. The minimum absolute atomic E-state index is 0.0832. The Hall–Kier alpha value is -1.79. The number of ether oxygens (including phenoxy) is 1. The Bertz CT molecular complexity index is 393. The molecular formula is C10H12F3N3O. The summed E-state index contributed by atoms with van der Waals surface area (Å²) < 4.78 is 42.5. The third kappa shape index (κ3) is 3.93. The summed E-state index contributed by atoms with van der Waals surface area (Å²) in [5.41, 5.74) is -1.04. The third-order valence-electron chi connectivity index (χ3n) is 1.68. The van der Waals surface area contributed by atoms with Gasteiger partial charge in [0.15, 0.2) is 5.69 Å². The van der Waals surface area contributed by atoms with Crippen molar-refractivity contribution in [1.82, 2.24) is 9.97 Å². The van der Waals surface area contributed by atoms with Crippen LogP contribution in [0.3, 0.4) is 0 Å². The second-order valence-corrected chi connectivity index (χ2v) is 3.04. The fourth-order valence-electron chi connectivity index (χ4n) is 1.03. The first-order chi connectivity index (χ1) is 7.97. The number of aromatic nitrogens is 2. The van der Waals surface area contributed by atoms with Gasteiger partial charge in [-0.15, -0.1) is 0 Å². The molecule has 1 N–H and O–H groups in total. The van der Waals surface area contributed by atoms with E-state index < -0.39 is 11.9 Å². The van der Waals surface area contributed by atoms with Crippen molar-refractivity contribution in [2.24, 2.45) is 0 Å². The van der Waals surface area contributed by atoms with Crippen molar-refractivity contribution >= 4 is 5.95 Å². The molecule has 0 aliphatic heterocycles. The summed E-state index contributed by atoms with van der Waals surface area (Å²) >= 11 is 0. The normalized spacial score (nSPS) is 11.1. The number of hydrogen-bond donors (Lipinski definition) is 1. The molecular weight excluding hydrogens is 235 g/mol. The van der Waals surface area contributed by atoms with Gasteiger partial charge >= 0.3 is 6.18 Å². The van der Waals surface area contributed by atoms with Crippen LogP contribution in [-0.4, -0.2) is 23.1 Å². The van der Waals surface area contributed by atoms with Gasteiger partial charge in [-0.25, -0.2) is 4.98 Å². The maximum atomic E-state index is 12.5. The average molecular weight is 247 g/mol. The van der Waals surface area contributed by atoms with Crippen molar-refractivity contribution in [1.29, 1.82) is 0 Å². The van der Waals surface area contributed by atoms with E-state index in [1.54, 1.807) is 6.92 Å². The van der Waals surface area contributed by atoms with E-state index in [1.165, 1.54) is 6.08 Å². The van der Waals surface area contributed by atoms with Gasteiger partial charge in [0, 0.05) is 12.6 Å². The second kappa shape index (κ2) is 5.51. The smallest absolute Gasteiger partial charge is 0.433 e. The number of anilines is 1. The molecule has 0 spiro atoms. The van der Waals surface area contributed by atoms with Gasteiger partial charge in [-0.05, 0) is 6.92 Å². The molecule has 0 aliphatic carbocycles. The lowest BCUT2D eigenvalue weighted by Gasteiger charge is -2.10. The Balaban J connectivity index is 3.04. The highest BCUT2D eigenvalue weighted by Gasteiger charge is 2.34. The average Bonchev–Trinajstić information content (AvgIpc) is 2.25. The summed E-state index contributed by atoms with van der Waals surface area (Å²) in [6.07, 6.45) is -3.11. The predicted octanol–water partition coefficient (Wildman–Crippen LogP) is 2.49. The molecule has 0 saturated carbocycles. The molecule has 0 saturated heterocycles. The van der Waals surface area contributed by atoms with Gasteiger partial charge in [0.05, 0.1) is 0 Å². The summed E-state index contributed by atoms with van der Waals surface area (Å²) in [6.45, 7) is 5.63. The van der Waals surface area contributed by atoms with Crippen LogP contribution in [0.25, 0.3) is 0 Å². The van der Waals surface area contributed by atoms with E-state index in [-0.39, 0.29) is 18.4 Å². The van der Waals surface area contributed by atoms with E-state index in [1.807, 2.05) is 0 Å². The first-order valence-electron chi connectivity index (χ1n) is 4.91. The molecule has 7 heteroatoms. The van der Waals surface area contributed by atoms with Crippen molar-refractivity contribution < 1.29 is 17.9 Å². The highest BCUT2D eigenvalue weighted by atomic mass is 19.4. The van der Waals surface area contributed by atoms with E-state index >= 15 is 0 Å². The fraction of sp³-hybridized carbons (Fsp3) is 0.400.